The number of carbonyl (C=O) groups excluding carboxylic acids is 1. The van der Waals surface area contributed by atoms with Gasteiger partial charge in [0.1, 0.15) is 5.76 Å². The van der Waals surface area contributed by atoms with E-state index in [0.29, 0.717) is 37.2 Å². The van der Waals surface area contributed by atoms with Crippen LogP contribution in [0.1, 0.15) is 16.1 Å². The van der Waals surface area contributed by atoms with Crippen molar-refractivity contribution in [3.63, 3.8) is 0 Å². The third kappa shape index (κ3) is 3.68. The number of carbonyl (C=O) groups is 1. The summed E-state index contributed by atoms with van der Waals surface area (Å²) in [5.41, 5.74) is 8.49. The number of furan rings is 1. The fourth-order valence-electron chi connectivity index (χ4n) is 2.40. The van der Waals surface area contributed by atoms with Gasteiger partial charge < -0.3 is 15.5 Å². The average molecular weight is 440 g/mol. The molecule has 0 aliphatic heterocycles. The molecule has 0 saturated carbocycles. The van der Waals surface area contributed by atoms with Crippen molar-refractivity contribution >= 4 is 56.4 Å². The lowest BCUT2D eigenvalue weighted by molar-refractivity contribution is 0.0997. The Balaban J connectivity index is 1.88. The van der Waals surface area contributed by atoms with Gasteiger partial charge in [-0.05, 0) is 64.8 Å². The molecule has 128 valence electrons. The zero-order valence-electron chi connectivity index (χ0n) is 13.1. The van der Waals surface area contributed by atoms with E-state index in [1.165, 1.54) is 0 Å². The van der Waals surface area contributed by atoms with Gasteiger partial charge in [-0.25, -0.2) is 0 Å². The van der Waals surface area contributed by atoms with Crippen molar-refractivity contribution < 1.29 is 9.21 Å². The number of rotatable bonds is 3. The zero-order valence-corrected chi connectivity index (χ0v) is 16.2. The van der Waals surface area contributed by atoms with Crippen molar-refractivity contribution in [3.8, 4) is 11.3 Å². The summed E-state index contributed by atoms with van der Waals surface area (Å²) in [5.74, 6) is 0.248. The van der Waals surface area contributed by atoms with Gasteiger partial charge in [-0.3, -0.25) is 4.79 Å². The molecule has 0 radical (unpaired) electrons. The summed E-state index contributed by atoms with van der Waals surface area (Å²) in [4.78, 5) is 12.5. The summed E-state index contributed by atoms with van der Waals surface area (Å²) >= 11 is 15.6. The minimum atomic E-state index is -0.377. The standard InChI is InChI=1S/C18H13BrCl2N2O2/c1-9-7-10(22)8-12(19)17(9)23-18(24)15-6-5-14(25-15)11-3-2-4-13(20)16(11)21/h2-8H,22H2,1H3,(H,23,24). The first-order chi connectivity index (χ1) is 11.9. The summed E-state index contributed by atoms with van der Waals surface area (Å²) < 4.78 is 6.35. The van der Waals surface area contributed by atoms with Crippen molar-refractivity contribution in [2.45, 2.75) is 6.92 Å². The Bertz CT molecular complexity index is 946. The van der Waals surface area contributed by atoms with Crippen LogP contribution in [0.25, 0.3) is 11.3 Å². The van der Waals surface area contributed by atoms with Gasteiger partial charge in [0.25, 0.3) is 5.91 Å². The van der Waals surface area contributed by atoms with E-state index in [2.05, 4.69) is 21.2 Å². The van der Waals surface area contributed by atoms with Gasteiger partial charge in [-0.1, -0.05) is 29.3 Å². The van der Waals surface area contributed by atoms with Crippen LogP contribution in [0.5, 0.6) is 0 Å². The molecular formula is C18H13BrCl2N2O2. The first kappa shape index (κ1) is 17.9. The van der Waals surface area contributed by atoms with E-state index in [9.17, 15) is 4.79 Å². The van der Waals surface area contributed by atoms with Crippen molar-refractivity contribution in [3.05, 3.63) is 68.3 Å². The molecule has 1 amide bonds. The maximum absolute atomic E-state index is 12.5. The minimum Gasteiger partial charge on any atom is -0.451 e. The summed E-state index contributed by atoms with van der Waals surface area (Å²) in [7, 11) is 0. The molecule has 0 atom stereocenters. The maximum atomic E-state index is 12.5. The predicted octanol–water partition coefficient (Wildman–Crippen LogP) is 6.16. The first-order valence-corrected chi connectivity index (χ1v) is 8.83. The van der Waals surface area contributed by atoms with Crippen LogP contribution in [0.2, 0.25) is 10.0 Å². The molecular weight excluding hydrogens is 427 g/mol. The van der Waals surface area contributed by atoms with Gasteiger partial charge in [0, 0.05) is 15.7 Å². The molecule has 7 heteroatoms. The molecule has 3 aromatic rings. The molecule has 4 nitrogen and oxygen atoms in total. The molecule has 0 saturated heterocycles. The smallest absolute Gasteiger partial charge is 0.291 e. The second kappa shape index (κ2) is 7.12. The molecule has 2 aromatic carbocycles. The van der Waals surface area contributed by atoms with Crippen LogP contribution in [-0.2, 0) is 0 Å². The Labute approximate surface area is 163 Å². The quantitative estimate of drug-likeness (QED) is 0.480. The average Bonchev–Trinajstić information content (AvgIpc) is 3.03. The molecule has 1 heterocycles. The second-order valence-corrected chi connectivity index (χ2v) is 7.05. The monoisotopic (exact) mass is 438 g/mol. The lowest BCUT2D eigenvalue weighted by Crippen LogP contribution is -2.12. The number of hydrogen-bond donors (Lipinski definition) is 2. The predicted molar refractivity (Wildman–Crippen MR) is 105 cm³/mol. The van der Waals surface area contributed by atoms with E-state index in [0.717, 1.165) is 5.56 Å². The third-order valence-corrected chi connectivity index (χ3v) is 5.04. The molecule has 0 bridgehead atoms. The normalized spacial score (nSPS) is 10.7. The fourth-order valence-corrected chi connectivity index (χ4v) is 3.47. The molecule has 3 N–H and O–H groups in total. The Hall–Kier alpha value is -1.95. The van der Waals surface area contributed by atoms with E-state index in [-0.39, 0.29) is 11.7 Å². The number of nitrogens with two attached hydrogens (primary N) is 1. The van der Waals surface area contributed by atoms with Gasteiger partial charge in [0.15, 0.2) is 5.76 Å². The van der Waals surface area contributed by atoms with Crippen molar-refractivity contribution in [2.24, 2.45) is 0 Å². The van der Waals surface area contributed by atoms with Crippen LogP contribution < -0.4 is 11.1 Å². The summed E-state index contributed by atoms with van der Waals surface area (Å²) in [6.45, 7) is 1.86. The molecule has 0 fully saturated rings. The number of hydrogen-bond acceptors (Lipinski definition) is 3. The molecule has 0 unspecified atom stereocenters. The highest BCUT2D eigenvalue weighted by Crippen LogP contribution is 2.35. The Morgan fingerprint density at radius 3 is 2.68 bits per heavy atom. The lowest BCUT2D eigenvalue weighted by atomic mass is 10.1. The van der Waals surface area contributed by atoms with Crippen molar-refractivity contribution in [2.75, 3.05) is 11.1 Å². The van der Waals surface area contributed by atoms with E-state index in [4.69, 9.17) is 33.4 Å². The van der Waals surface area contributed by atoms with Crippen LogP contribution in [0.4, 0.5) is 11.4 Å². The van der Waals surface area contributed by atoms with Crippen LogP contribution in [-0.4, -0.2) is 5.91 Å². The highest BCUT2D eigenvalue weighted by Gasteiger charge is 2.17. The van der Waals surface area contributed by atoms with Crippen LogP contribution in [0.15, 0.2) is 51.4 Å². The van der Waals surface area contributed by atoms with E-state index in [1.807, 2.05) is 6.92 Å². The van der Waals surface area contributed by atoms with Gasteiger partial charge >= 0.3 is 0 Å². The molecule has 0 spiro atoms. The van der Waals surface area contributed by atoms with Crippen LogP contribution in [0, 0.1) is 6.92 Å². The number of aryl methyl sites for hydroxylation is 1. The highest BCUT2D eigenvalue weighted by molar-refractivity contribution is 9.10. The van der Waals surface area contributed by atoms with E-state index < -0.39 is 0 Å². The Morgan fingerprint density at radius 1 is 1.20 bits per heavy atom. The molecule has 0 aliphatic rings. The number of anilines is 2. The highest BCUT2D eigenvalue weighted by atomic mass is 79.9. The number of nitrogen functional groups attached to an aromatic ring is 1. The van der Waals surface area contributed by atoms with Gasteiger partial charge in [-0.15, -0.1) is 0 Å². The maximum Gasteiger partial charge on any atom is 0.291 e. The van der Waals surface area contributed by atoms with Gasteiger partial charge in [0.2, 0.25) is 0 Å². The number of benzene rings is 2. The van der Waals surface area contributed by atoms with E-state index in [1.54, 1.807) is 42.5 Å². The molecule has 0 aliphatic carbocycles. The molecule has 25 heavy (non-hydrogen) atoms. The van der Waals surface area contributed by atoms with Crippen LogP contribution >= 0.6 is 39.1 Å². The van der Waals surface area contributed by atoms with E-state index >= 15 is 0 Å². The molecule has 3 rings (SSSR count). The summed E-state index contributed by atoms with van der Waals surface area (Å²) in [5, 5.41) is 3.62. The number of nitrogens with one attached hydrogen (secondary N) is 1. The Morgan fingerprint density at radius 2 is 1.96 bits per heavy atom. The summed E-state index contributed by atoms with van der Waals surface area (Å²) in [6.07, 6.45) is 0. The van der Waals surface area contributed by atoms with Gasteiger partial charge in [0.05, 0.1) is 15.7 Å². The molecule has 1 aromatic heterocycles. The van der Waals surface area contributed by atoms with Crippen LogP contribution in [0.3, 0.4) is 0 Å². The fraction of sp³-hybridized carbons (Fsp3) is 0.0556. The second-order valence-electron chi connectivity index (χ2n) is 5.41. The SMILES string of the molecule is Cc1cc(N)cc(Br)c1NC(=O)c1ccc(-c2cccc(Cl)c2Cl)o1. The van der Waals surface area contributed by atoms with Crippen molar-refractivity contribution in [1.29, 1.82) is 0 Å². The van der Waals surface area contributed by atoms with Gasteiger partial charge in [-0.2, -0.15) is 0 Å². The zero-order chi connectivity index (χ0) is 18.1. The number of amides is 1. The topological polar surface area (TPSA) is 68.3 Å². The largest absolute Gasteiger partial charge is 0.451 e. The first-order valence-electron chi connectivity index (χ1n) is 7.28. The van der Waals surface area contributed by atoms with Crippen molar-refractivity contribution in [1.82, 2.24) is 0 Å². The third-order valence-electron chi connectivity index (χ3n) is 3.60. The Kier molecular flexibility index (Phi) is 5.08. The minimum absolute atomic E-state index is 0.161. The number of halogens is 3. The summed E-state index contributed by atoms with van der Waals surface area (Å²) in [6, 6.07) is 12.0. The lowest BCUT2D eigenvalue weighted by Gasteiger charge is -2.10.